The van der Waals surface area contributed by atoms with Crippen LogP contribution in [-0.2, 0) is 13.0 Å². The lowest BCUT2D eigenvalue weighted by molar-refractivity contribution is 0.0952. The summed E-state index contributed by atoms with van der Waals surface area (Å²) in [5, 5.41) is 3.97. The Bertz CT molecular complexity index is 1440. The molecular weight excluding hydrogens is 436 g/mol. The van der Waals surface area contributed by atoms with Crippen LogP contribution in [-0.4, -0.2) is 20.4 Å². The number of hydrogen-bond donors (Lipinski definition) is 2. The van der Waals surface area contributed by atoms with Gasteiger partial charge in [-0.15, -0.1) is 0 Å². The van der Waals surface area contributed by atoms with Crippen LogP contribution in [0.5, 0.6) is 0 Å². The summed E-state index contributed by atoms with van der Waals surface area (Å²) in [5.74, 6) is -0.191. The maximum Gasteiger partial charge on any atom is 0.253 e. The number of aromatic amines is 1. The minimum atomic E-state index is -0.191. The summed E-state index contributed by atoms with van der Waals surface area (Å²) in [4.78, 5) is 33.6. The van der Waals surface area contributed by atoms with Gasteiger partial charge in [-0.1, -0.05) is 19.4 Å². The maximum absolute atomic E-state index is 13.6. The monoisotopic (exact) mass is 470 g/mol. The standard InChI is InChI=1S/C29H34N4O2/c1-7-8-21-11-20(6)32-29(35)25(21)15-31-28(34)24-12-23(22-10-9-19(5)30-14-22)13-26-27(24)18(4)16-33(26)17(2)3/h9-14,16-17H,7-8,15H2,1-6H3,(H,31,34)(H,32,35). The number of carbonyl (C=O) groups is 1. The molecule has 0 aliphatic rings. The van der Waals surface area contributed by atoms with E-state index in [2.05, 4.69) is 52.9 Å². The lowest BCUT2D eigenvalue weighted by atomic mass is 9.98. The quantitative estimate of drug-likeness (QED) is 0.359. The SMILES string of the molecule is CCCc1cc(C)[nH]c(=O)c1CNC(=O)c1cc(-c2ccc(C)nc2)cc2c1c(C)cn2C(C)C. The van der Waals surface area contributed by atoms with Crippen LogP contribution >= 0.6 is 0 Å². The largest absolute Gasteiger partial charge is 0.348 e. The van der Waals surface area contributed by atoms with E-state index in [-0.39, 0.29) is 24.1 Å². The fourth-order valence-corrected chi connectivity index (χ4v) is 4.73. The molecule has 0 fully saturated rings. The lowest BCUT2D eigenvalue weighted by Gasteiger charge is -2.14. The highest BCUT2D eigenvalue weighted by atomic mass is 16.1. The Kier molecular flexibility index (Phi) is 6.92. The first kappa shape index (κ1) is 24.5. The van der Waals surface area contributed by atoms with Crippen molar-refractivity contribution in [2.45, 2.75) is 67.0 Å². The first-order valence-electron chi connectivity index (χ1n) is 12.3. The van der Waals surface area contributed by atoms with E-state index in [0.717, 1.165) is 57.4 Å². The van der Waals surface area contributed by atoms with Gasteiger partial charge < -0.3 is 14.9 Å². The van der Waals surface area contributed by atoms with Crippen LogP contribution in [0.4, 0.5) is 0 Å². The van der Waals surface area contributed by atoms with Crippen molar-refractivity contribution in [3.63, 3.8) is 0 Å². The van der Waals surface area contributed by atoms with Crippen molar-refractivity contribution >= 4 is 16.8 Å². The minimum absolute atomic E-state index is 0.138. The topological polar surface area (TPSA) is 79.8 Å². The van der Waals surface area contributed by atoms with Crippen LogP contribution in [0, 0.1) is 20.8 Å². The fraction of sp³-hybridized carbons (Fsp3) is 0.345. The number of aryl methyl sites for hydroxylation is 4. The number of H-pyrrole nitrogens is 1. The van der Waals surface area contributed by atoms with Crippen molar-refractivity contribution in [1.82, 2.24) is 19.9 Å². The molecule has 0 aliphatic heterocycles. The smallest absolute Gasteiger partial charge is 0.253 e. The molecule has 182 valence electrons. The number of amides is 1. The Morgan fingerprint density at radius 2 is 1.89 bits per heavy atom. The summed E-state index contributed by atoms with van der Waals surface area (Å²) in [6.45, 7) is 12.4. The van der Waals surface area contributed by atoms with E-state index >= 15 is 0 Å². The molecule has 35 heavy (non-hydrogen) atoms. The summed E-state index contributed by atoms with van der Waals surface area (Å²) in [6.07, 6.45) is 5.68. The van der Waals surface area contributed by atoms with Crippen LogP contribution in [0.1, 0.15) is 71.7 Å². The Morgan fingerprint density at radius 1 is 1.11 bits per heavy atom. The third-order valence-corrected chi connectivity index (χ3v) is 6.48. The van der Waals surface area contributed by atoms with E-state index in [4.69, 9.17) is 0 Å². The molecule has 0 aliphatic carbocycles. The average molecular weight is 471 g/mol. The van der Waals surface area contributed by atoms with Crippen molar-refractivity contribution in [2.75, 3.05) is 0 Å². The Labute approximate surface area is 206 Å². The predicted octanol–water partition coefficient (Wildman–Crippen LogP) is 5.78. The molecular formula is C29H34N4O2. The van der Waals surface area contributed by atoms with Crippen LogP contribution < -0.4 is 10.9 Å². The molecule has 1 amide bonds. The van der Waals surface area contributed by atoms with Crippen LogP contribution in [0.15, 0.2) is 47.5 Å². The van der Waals surface area contributed by atoms with Gasteiger partial charge in [-0.25, -0.2) is 0 Å². The summed E-state index contributed by atoms with van der Waals surface area (Å²) in [5.41, 5.74) is 7.82. The summed E-state index contributed by atoms with van der Waals surface area (Å²) < 4.78 is 2.20. The van der Waals surface area contributed by atoms with Crippen LogP contribution in [0.3, 0.4) is 0 Å². The molecule has 4 aromatic rings. The molecule has 2 N–H and O–H groups in total. The average Bonchev–Trinajstić information content (AvgIpc) is 3.15. The zero-order chi connectivity index (χ0) is 25.3. The zero-order valence-electron chi connectivity index (χ0n) is 21.5. The molecule has 0 unspecified atom stereocenters. The van der Waals surface area contributed by atoms with Gasteiger partial charge >= 0.3 is 0 Å². The number of rotatable bonds is 7. The Hall–Kier alpha value is -3.67. The number of nitrogens with one attached hydrogen (secondary N) is 2. The molecule has 0 radical (unpaired) electrons. The highest BCUT2D eigenvalue weighted by Gasteiger charge is 2.19. The fourth-order valence-electron chi connectivity index (χ4n) is 4.73. The number of aromatic nitrogens is 3. The highest BCUT2D eigenvalue weighted by molar-refractivity contribution is 6.09. The van der Waals surface area contributed by atoms with E-state index in [1.165, 1.54) is 0 Å². The molecule has 1 aromatic carbocycles. The van der Waals surface area contributed by atoms with Gasteiger partial charge in [0, 0.05) is 64.0 Å². The third-order valence-electron chi connectivity index (χ3n) is 6.48. The molecule has 0 saturated carbocycles. The normalized spacial score (nSPS) is 11.4. The molecule has 3 heterocycles. The van der Waals surface area contributed by atoms with Gasteiger partial charge in [0.25, 0.3) is 11.5 Å². The Morgan fingerprint density at radius 3 is 2.54 bits per heavy atom. The number of fused-ring (bicyclic) bond motifs is 1. The van der Waals surface area contributed by atoms with Gasteiger partial charge in [0.15, 0.2) is 0 Å². The van der Waals surface area contributed by atoms with Gasteiger partial charge in [-0.3, -0.25) is 14.6 Å². The molecule has 0 saturated heterocycles. The molecule has 3 aromatic heterocycles. The van der Waals surface area contributed by atoms with Crippen LogP contribution in [0.2, 0.25) is 0 Å². The van der Waals surface area contributed by atoms with E-state index in [1.54, 1.807) is 0 Å². The van der Waals surface area contributed by atoms with Gasteiger partial charge in [0.1, 0.15) is 0 Å². The second-order valence-corrected chi connectivity index (χ2v) is 9.64. The predicted molar refractivity (Wildman–Crippen MR) is 142 cm³/mol. The van der Waals surface area contributed by atoms with E-state index in [1.807, 2.05) is 51.2 Å². The van der Waals surface area contributed by atoms with E-state index in [9.17, 15) is 9.59 Å². The number of benzene rings is 1. The molecule has 0 atom stereocenters. The van der Waals surface area contributed by atoms with Gasteiger partial charge in [-0.2, -0.15) is 0 Å². The number of hydrogen-bond acceptors (Lipinski definition) is 3. The molecule has 6 nitrogen and oxygen atoms in total. The zero-order valence-corrected chi connectivity index (χ0v) is 21.5. The first-order chi connectivity index (χ1) is 16.7. The summed E-state index contributed by atoms with van der Waals surface area (Å²) >= 11 is 0. The second-order valence-electron chi connectivity index (χ2n) is 9.64. The van der Waals surface area contributed by atoms with E-state index < -0.39 is 0 Å². The maximum atomic E-state index is 13.6. The van der Waals surface area contributed by atoms with Gasteiger partial charge in [0.05, 0.1) is 0 Å². The molecule has 0 spiro atoms. The van der Waals surface area contributed by atoms with Crippen molar-refractivity contribution in [1.29, 1.82) is 0 Å². The third kappa shape index (κ3) is 4.92. The summed E-state index contributed by atoms with van der Waals surface area (Å²) in [6, 6.07) is 10.3. The van der Waals surface area contributed by atoms with Crippen molar-refractivity contribution in [2.24, 2.45) is 0 Å². The second kappa shape index (κ2) is 9.90. The number of nitrogens with zero attached hydrogens (tertiary/aromatic N) is 2. The minimum Gasteiger partial charge on any atom is -0.348 e. The lowest BCUT2D eigenvalue weighted by Crippen LogP contribution is -2.28. The van der Waals surface area contributed by atoms with Crippen molar-refractivity contribution in [3.8, 4) is 11.1 Å². The molecule has 6 heteroatoms. The molecule has 4 rings (SSSR count). The van der Waals surface area contributed by atoms with Crippen LogP contribution in [0.25, 0.3) is 22.0 Å². The number of pyridine rings is 2. The molecule has 0 bridgehead atoms. The van der Waals surface area contributed by atoms with Gasteiger partial charge in [0.2, 0.25) is 0 Å². The Balaban J connectivity index is 1.79. The van der Waals surface area contributed by atoms with Gasteiger partial charge in [-0.05, 0) is 82.0 Å². The summed E-state index contributed by atoms with van der Waals surface area (Å²) in [7, 11) is 0. The van der Waals surface area contributed by atoms with Crippen molar-refractivity contribution < 1.29 is 4.79 Å². The highest BCUT2D eigenvalue weighted by Crippen LogP contribution is 2.33. The first-order valence-corrected chi connectivity index (χ1v) is 12.3. The van der Waals surface area contributed by atoms with Crippen molar-refractivity contribution in [3.05, 3.63) is 86.7 Å². The number of carbonyl (C=O) groups excluding carboxylic acids is 1. The van der Waals surface area contributed by atoms with E-state index in [0.29, 0.717) is 11.1 Å².